The Balaban J connectivity index is 1.61. The lowest BCUT2D eigenvalue weighted by Crippen LogP contribution is -2.48. The summed E-state index contributed by atoms with van der Waals surface area (Å²) in [5.74, 6) is 1.02. The molecule has 8 nitrogen and oxygen atoms in total. The van der Waals surface area contributed by atoms with Crippen molar-refractivity contribution < 1.29 is 24.3 Å². The molecule has 1 aromatic heterocycles. The number of rotatable bonds is 7. The number of carbonyl (C=O) groups is 1. The van der Waals surface area contributed by atoms with Crippen molar-refractivity contribution in [1.29, 1.82) is 0 Å². The second-order valence-corrected chi connectivity index (χ2v) is 6.79. The summed E-state index contributed by atoms with van der Waals surface area (Å²) in [5.41, 5.74) is 1.64. The fourth-order valence-corrected chi connectivity index (χ4v) is 3.32. The van der Waals surface area contributed by atoms with Crippen LogP contribution < -0.4 is 10.1 Å². The van der Waals surface area contributed by atoms with Gasteiger partial charge >= 0.3 is 0 Å². The van der Waals surface area contributed by atoms with E-state index in [4.69, 9.17) is 9.26 Å². The van der Waals surface area contributed by atoms with Crippen LogP contribution in [0.15, 0.2) is 34.9 Å². The van der Waals surface area contributed by atoms with Crippen molar-refractivity contribution in [3.05, 3.63) is 47.3 Å². The summed E-state index contributed by atoms with van der Waals surface area (Å²) in [7, 11) is 1.59. The van der Waals surface area contributed by atoms with Crippen molar-refractivity contribution in [2.45, 2.75) is 44.7 Å². The minimum absolute atomic E-state index is 0.202. The van der Waals surface area contributed by atoms with Crippen LogP contribution in [0.3, 0.4) is 0 Å². The van der Waals surface area contributed by atoms with Crippen LogP contribution in [-0.2, 0) is 17.8 Å². The minimum Gasteiger partial charge on any atom is -0.497 e. The number of aliphatic hydroxyl groups is 2. The van der Waals surface area contributed by atoms with Gasteiger partial charge in [-0.3, -0.25) is 9.69 Å². The Hall–Kier alpha value is -2.42. The first-order valence-corrected chi connectivity index (χ1v) is 8.91. The lowest BCUT2D eigenvalue weighted by Gasteiger charge is -2.27. The predicted molar refractivity (Wildman–Crippen MR) is 96.9 cm³/mol. The highest BCUT2D eigenvalue weighted by atomic mass is 16.5. The first-order chi connectivity index (χ1) is 13.0. The number of carbonyl (C=O) groups excluding carboxylic acids is 1. The third-order valence-corrected chi connectivity index (χ3v) is 4.66. The van der Waals surface area contributed by atoms with Crippen LogP contribution in [0, 0.1) is 6.92 Å². The zero-order valence-electron chi connectivity index (χ0n) is 15.5. The molecule has 146 valence electrons. The van der Waals surface area contributed by atoms with Crippen molar-refractivity contribution in [3.63, 3.8) is 0 Å². The van der Waals surface area contributed by atoms with Gasteiger partial charge in [0.1, 0.15) is 17.7 Å². The van der Waals surface area contributed by atoms with Gasteiger partial charge in [-0.25, -0.2) is 0 Å². The molecule has 0 aliphatic carbocycles. The molecule has 3 atom stereocenters. The second kappa shape index (κ2) is 8.51. The SMILES string of the molecule is COc1cccc(CNC(=O)[C@@H]2C[C@@H](O)CN2C(O)Cc2cc(C)no2)c1. The van der Waals surface area contributed by atoms with Crippen molar-refractivity contribution in [2.24, 2.45) is 0 Å². The summed E-state index contributed by atoms with van der Waals surface area (Å²) in [6.07, 6.45) is -1.13. The molecule has 27 heavy (non-hydrogen) atoms. The molecule has 1 amide bonds. The van der Waals surface area contributed by atoms with Crippen LogP contribution >= 0.6 is 0 Å². The van der Waals surface area contributed by atoms with E-state index in [0.29, 0.717) is 12.3 Å². The number of nitrogens with one attached hydrogen (secondary N) is 1. The molecule has 1 unspecified atom stereocenters. The third kappa shape index (κ3) is 4.85. The first-order valence-electron chi connectivity index (χ1n) is 8.91. The Morgan fingerprint density at radius 2 is 2.30 bits per heavy atom. The molecule has 1 aliphatic heterocycles. The number of hydrogen-bond acceptors (Lipinski definition) is 7. The van der Waals surface area contributed by atoms with Crippen molar-refractivity contribution in [2.75, 3.05) is 13.7 Å². The molecule has 1 aromatic carbocycles. The Morgan fingerprint density at radius 1 is 1.48 bits per heavy atom. The number of methoxy groups -OCH3 is 1. The highest BCUT2D eigenvalue weighted by molar-refractivity contribution is 5.82. The highest BCUT2D eigenvalue weighted by Crippen LogP contribution is 2.22. The summed E-state index contributed by atoms with van der Waals surface area (Å²) >= 11 is 0. The van der Waals surface area contributed by atoms with E-state index in [1.165, 1.54) is 0 Å². The molecule has 3 N–H and O–H groups in total. The molecule has 1 fully saturated rings. The monoisotopic (exact) mass is 375 g/mol. The quantitative estimate of drug-likeness (QED) is 0.650. The second-order valence-electron chi connectivity index (χ2n) is 6.79. The number of likely N-dealkylation sites (tertiary alicyclic amines) is 1. The predicted octanol–water partition coefficient (Wildman–Crippen LogP) is 0.604. The molecule has 2 aromatic rings. The maximum Gasteiger partial charge on any atom is 0.237 e. The summed E-state index contributed by atoms with van der Waals surface area (Å²) in [4.78, 5) is 14.2. The summed E-state index contributed by atoms with van der Waals surface area (Å²) in [6, 6.07) is 8.57. The van der Waals surface area contributed by atoms with Gasteiger partial charge in [-0.05, 0) is 31.0 Å². The summed E-state index contributed by atoms with van der Waals surface area (Å²) < 4.78 is 10.3. The van der Waals surface area contributed by atoms with Crippen LogP contribution in [0.1, 0.15) is 23.4 Å². The van der Waals surface area contributed by atoms with Crippen LogP contribution in [0.4, 0.5) is 0 Å². The maximum absolute atomic E-state index is 12.6. The number of nitrogens with zero attached hydrogens (tertiary/aromatic N) is 2. The molecule has 0 radical (unpaired) electrons. The molecule has 1 aliphatic rings. The number of aromatic nitrogens is 1. The van der Waals surface area contributed by atoms with E-state index in [1.807, 2.05) is 24.3 Å². The van der Waals surface area contributed by atoms with Gasteiger partial charge in [0.25, 0.3) is 0 Å². The van der Waals surface area contributed by atoms with Gasteiger partial charge in [-0.2, -0.15) is 0 Å². The van der Waals surface area contributed by atoms with E-state index in [-0.39, 0.29) is 25.3 Å². The smallest absolute Gasteiger partial charge is 0.237 e. The highest BCUT2D eigenvalue weighted by Gasteiger charge is 2.39. The van der Waals surface area contributed by atoms with Gasteiger partial charge in [-0.15, -0.1) is 0 Å². The molecule has 0 saturated carbocycles. The molecule has 0 bridgehead atoms. The number of aliphatic hydroxyl groups excluding tert-OH is 2. The molecule has 0 spiro atoms. The number of aryl methyl sites for hydroxylation is 1. The minimum atomic E-state index is -0.943. The van der Waals surface area contributed by atoms with E-state index in [2.05, 4.69) is 10.5 Å². The van der Waals surface area contributed by atoms with Crippen LogP contribution in [0.25, 0.3) is 0 Å². The lowest BCUT2D eigenvalue weighted by molar-refractivity contribution is -0.129. The molecule has 3 rings (SSSR count). The molecule has 8 heteroatoms. The number of benzene rings is 1. The number of β-amino-alcohol motifs (C(OH)–C–C–N with tert-alkyl or cyclic N) is 1. The molecular weight excluding hydrogens is 350 g/mol. The van der Waals surface area contributed by atoms with Gasteiger partial charge < -0.3 is 24.8 Å². The van der Waals surface area contributed by atoms with E-state index in [9.17, 15) is 15.0 Å². The maximum atomic E-state index is 12.6. The number of ether oxygens (including phenoxy) is 1. The van der Waals surface area contributed by atoms with E-state index >= 15 is 0 Å². The fraction of sp³-hybridized carbons (Fsp3) is 0.474. The normalized spacial score (nSPS) is 21.2. The average Bonchev–Trinajstić information content (AvgIpc) is 3.25. The van der Waals surface area contributed by atoms with Gasteiger partial charge in [0.05, 0.1) is 24.9 Å². The van der Waals surface area contributed by atoms with E-state index < -0.39 is 18.4 Å². The average molecular weight is 375 g/mol. The molecule has 1 saturated heterocycles. The van der Waals surface area contributed by atoms with Gasteiger partial charge in [-0.1, -0.05) is 17.3 Å². The van der Waals surface area contributed by atoms with Gasteiger partial charge in [0.2, 0.25) is 5.91 Å². The zero-order chi connectivity index (χ0) is 19.4. The van der Waals surface area contributed by atoms with Gasteiger partial charge in [0, 0.05) is 25.6 Å². The van der Waals surface area contributed by atoms with E-state index in [1.54, 1.807) is 25.0 Å². The Labute approximate surface area is 157 Å². The summed E-state index contributed by atoms with van der Waals surface area (Å²) in [6.45, 7) is 2.37. The summed E-state index contributed by atoms with van der Waals surface area (Å²) in [5, 5.41) is 27.2. The van der Waals surface area contributed by atoms with E-state index in [0.717, 1.165) is 17.0 Å². The van der Waals surface area contributed by atoms with Crippen LogP contribution in [0.2, 0.25) is 0 Å². The Morgan fingerprint density at radius 3 is 3.00 bits per heavy atom. The molecule has 2 heterocycles. The van der Waals surface area contributed by atoms with Crippen molar-refractivity contribution in [3.8, 4) is 5.75 Å². The largest absolute Gasteiger partial charge is 0.497 e. The van der Waals surface area contributed by atoms with Crippen molar-refractivity contribution in [1.82, 2.24) is 15.4 Å². The lowest BCUT2D eigenvalue weighted by atomic mass is 10.1. The number of amides is 1. The zero-order valence-corrected chi connectivity index (χ0v) is 15.5. The number of hydrogen-bond donors (Lipinski definition) is 3. The van der Waals surface area contributed by atoms with Gasteiger partial charge in [0.15, 0.2) is 0 Å². The third-order valence-electron chi connectivity index (χ3n) is 4.66. The topological polar surface area (TPSA) is 108 Å². The van der Waals surface area contributed by atoms with Crippen LogP contribution in [-0.4, -0.2) is 58.2 Å². The Kier molecular flexibility index (Phi) is 6.10. The Bertz CT molecular complexity index is 778. The first kappa shape index (κ1) is 19.3. The van der Waals surface area contributed by atoms with Crippen molar-refractivity contribution >= 4 is 5.91 Å². The fourth-order valence-electron chi connectivity index (χ4n) is 3.32. The van der Waals surface area contributed by atoms with Crippen LogP contribution in [0.5, 0.6) is 5.75 Å². The molecular formula is C19H25N3O5. The standard InChI is InChI=1S/C19H25N3O5/c1-12-6-16(27-21-12)9-18(24)22-11-14(23)8-17(22)19(25)20-10-13-4-3-5-15(7-13)26-2/h3-7,14,17-18,23-24H,8-11H2,1-2H3,(H,20,25)/t14-,17+,18?/m1/s1.